The quantitative estimate of drug-likeness (QED) is 0.278. The Labute approximate surface area is 189 Å². The van der Waals surface area contributed by atoms with E-state index in [0.29, 0.717) is 22.8 Å². The normalized spacial score (nSPS) is 32.0. The molecule has 2 aliphatic rings. The second-order valence-electron chi connectivity index (χ2n) is 8.39. The van der Waals surface area contributed by atoms with Crippen LogP contribution in [0, 0.1) is 5.92 Å². The molecule has 5 N–H and O–H groups in total. The van der Waals surface area contributed by atoms with Crippen molar-refractivity contribution < 1.29 is 34.0 Å². The van der Waals surface area contributed by atoms with Gasteiger partial charge in [0.2, 0.25) is 5.28 Å². The first kappa shape index (κ1) is 23.8. The van der Waals surface area contributed by atoms with Gasteiger partial charge in [-0.3, -0.25) is 4.57 Å². The average molecular weight is 492 g/mol. The Balaban J connectivity index is 1.56. The summed E-state index contributed by atoms with van der Waals surface area (Å²) in [5.74, 6) is -0.355. The fourth-order valence-corrected chi connectivity index (χ4v) is 4.58. The molecule has 4 rings (SSSR count). The highest BCUT2D eigenvalue weighted by Crippen LogP contribution is 2.42. The molecule has 3 unspecified atom stereocenters. The van der Waals surface area contributed by atoms with Gasteiger partial charge in [0.1, 0.15) is 24.1 Å². The van der Waals surface area contributed by atoms with Crippen LogP contribution in [0.3, 0.4) is 0 Å². The molecule has 2 fully saturated rings. The zero-order chi connectivity index (χ0) is 23.2. The van der Waals surface area contributed by atoms with Crippen molar-refractivity contribution in [3.63, 3.8) is 0 Å². The molecule has 7 atom stereocenters. The second kappa shape index (κ2) is 9.11. The van der Waals surface area contributed by atoms with Gasteiger partial charge in [0, 0.05) is 6.04 Å². The topological polar surface area (TPSA) is 172 Å². The van der Waals surface area contributed by atoms with Crippen LogP contribution in [0.2, 0.25) is 5.28 Å². The molecule has 14 heteroatoms. The van der Waals surface area contributed by atoms with Crippen molar-refractivity contribution in [2.45, 2.75) is 69.5 Å². The van der Waals surface area contributed by atoms with E-state index in [4.69, 9.17) is 30.9 Å². The van der Waals surface area contributed by atoms with E-state index in [9.17, 15) is 14.8 Å². The number of aromatic nitrogens is 4. The molecule has 0 spiro atoms. The lowest BCUT2D eigenvalue weighted by Gasteiger charge is -2.19. The second-order valence-corrected chi connectivity index (χ2v) is 10.6. The van der Waals surface area contributed by atoms with Gasteiger partial charge in [-0.1, -0.05) is 13.3 Å². The van der Waals surface area contributed by atoms with Gasteiger partial charge in [0.05, 0.1) is 18.2 Å². The van der Waals surface area contributed by atoms with E-state index in [1.807, 2.05) is 0 Å². The molecular formula is C18H27ClN5O7P. The number of aliphatic hydroxyl groups is 2. The summed E-state index contributed by atoms with van der Waals surface area (Å²) in [6.07, 6.45) is -0.0650. The maximum Gasteiger partial charge on any atom is 0.353 e. The molecule has 2 aromatic heterocycles. The highest BCUT2D eigenvalue weighted by molar-refractivity contribution is 7.52. The molecule has 1 saturated heterocycles. The third-order valence-electron chi connectivity index (χ3n) is 6.16. The predicted octanol–water partition coefficient (Wildman–Crippen LogP) is 1.24. The number of fused-ring (bicyclic) bond motifs is 1. The summed E-state index contributed by atoms with van der Waals surface area (Å²) in [6.45, 7) is 3.06. The van der Waals surface area contributed by atoms with Crippen molar-refractivity contribution in [1.29, 1.82) is 0 Å². The van der Waals surface area contributed by atoms with E-state index in [1.165, 1.54) is 17.8 Å². The van der Waals surface area contributed by atoms with E-state index >= 15 is 0 Å². The van der Waals surface area contributed by atoms with E-state index in [-0.39, 0.29) is 17.9 Å². The lowest BCUT2D eigenvalue weighted by molar-refractivity contribution is -0.0742. The summed E-state index contributed by atoms with van der Waals surface area (Å²) < 4.78 is 23.4. The number of anilines is 1. The first-order valence-corrected chi connectivity index (χ1v) is 12.5. The molecule has 2 aromatic rings. The van der Waals surface area contributed by atoms with Crippen LogP contribution in [-0.2, 0) is 14.0 Å². The monoisotopic (exact) mass is 491 g/mol. The maximum atomic E-state index is 11.3. The Kier molecular flexibility index (Phi) is 6.77. The van der Waals surface area contributed by atoms with Crippen molar-refractivity contribution in [2.24, 2.45) is 5.92 Å². The largest absolute Gasteiger partial charge is 0.387 e. The minimum Gasteiger partial charge on any atom is -0.387 e. The predicted molar refractivity (Wildman–Crippen MR) is 114 cm³/mol. The Morgan fingerprint density at radius 2 is 2.09 bits per heavy atom. The first-order valence-electron chi connectivity index (χ1n) is 10.4. The molecule has 0 bridgehead atoms. The summed E-state index contributed by atoms with van der Waals surface area (Å²) in [4.78, 5) is 26.8. The van der Waals surface area contributed by atoms with Crippen molar-refractivity contribution in [3.8, 4) is 0 Å². The fourth-order valence-electron chi connectivity index (χ4n) is 4.13. The smallest absolute Gasteiger partial charge is 0.353 e. The van der Waals surface area contributed by atoms with Gasteiger partial charge >= 0.3 is 7.60 Å². The minimum absolute atomic E-state index is 0.00390. The van der Waals surface area contributed by atoms with Crippen LogP contribution in [0.15, 0.2) is 6.20 Å². The number of nitrogens with zero attached hydrogens (tertiary/aromatic N) is 4. The molecule has 1 saturated carbocycles. The van der Waals surface area contributed by atoms with Gasteiger partial charge in [-0.2, -0.15) is 15.1 Å². The third kappa shape index (κ3) is 4.64. The van der Waals surface area contributed by atoms with Crippen LogP contribution in [0.1, 0.15) is 39.3 Å². The van der Waals surface area contributed by atoms with E-state index in [2.05, 4.69) is 27.3 Å². The van der Waals surface area contributed by atoms with E-state index in [0.717, 1.165) is 19.3 Å². The summed E-state index contributed by atoms with van der Waals surface area (Å²) in [6, 6.07) is 0.250. The number of aliphatic hydroxyl groups excluding tert-OH is 2. The molecule has 1 aliphatic carbocycles. The Bertz CT molecular complexity index is 1020. The number of rotatable bonds is 7. The highest BCUT2D eigenvalue weighted by Gasteiger charge is 2.45. The van der Waals surface area contributed by atoms with Crippen molar-refractivity contribution in [3.05, 3.63) is 11.5 Å². The van der Waals surface area contributed by atoms with Crippen molar-refractivity contribution in [1.82, 2.24) is 19.7 Å². The third-order valence-corrected chi connectivity index (χ3v) is 7.43. The van der Waals surface area contributed by atoms with Crippen LogP contribution in [-0.4, -0.2) is 76.6 Å². The molecule has 0 amide bonds. The van der Waals surface area contributed by atoms with Crippen molar-refractivity contribution in [2.75, 3.05) is 11.9 Å². The van der Waals surface area contributed by atoms with Crippen LogP contribution in [0.25, 0.3) is 11.0 Å². The number of hydrogen-bond acceptors (Lipinski definition) is 9. The SMILES string of the molecule is CC1CCCC1Nc1nc(Cl)nc2c1cnn2[C@@H]1O[C@H](COC(C)P(=O)(O)O)[C@@H](O)[C@H]1O. The fraction of sp³-hybridized carbons (Fsp3) is 0.722. The summed E-state index contributed by atoms with van der Waals surface area (Å²) >= 11 is 6.15. The Morgan fingerprint density at radius 1 is 1.34 bits per heavy atom. The van der Waals surface area contributed by atoms with Crippen LogP contribution >= 0.6 is 19.2 Å². The number of hydrogen-bond donors (Lipinski definition) is 5. The minimum atomic E-state index is -4.45. The lowest BCUT2D eigenvalue weighted by atomic mass is 10.1. The van der Waals surface area contributed by atoms with Crippen LogP contribution < -0.4 is 5.32 Å². The maximum absolute atomic E-state index is 11.3. The standard InChI is InChI=1S/C18H27ClN5O7P/c1-8-4-3-5-11(8)21-15-10-6-20-24(16(10)23-18(19)22-15)17-14(26)13(25)12(31-17)7-30-9(2)32(27,28)29/h6,8-9,11-14,17,25-26H,3-5,7H2,1-2H3,(H,21,22,23)(H2,27,28,29)/t8?,9?,11?,12-,13-,14-,17-/m1/s1. The van der Waals surface area contributed by atoms with Crippen molar-refractivity contribution >= 4 is 36.0 Å². The molecule has 1 aliphatic heterocycles. The number of ether oxygens (including phenoxy) is 2. The summed E-state index contributed by atoms with van der Waals surface area (Å²) in [5.41, 5.74) is 0.319. The summed E-state index contributed by atoms with van der Waals surface area (Å²) in [7, 11) is -4.45. The van der Waals surface area contributed by atoms with Gasteiger partial charge in [-0.25, -0.2) is 4.68 Å². The van der Waals surface area contributed by atoms with Gasteiger partial charge in [-0.05, 0) is 37.3 Å². The summed E-state index contributed by atoms with van der Waals surface area (Å²) in [5, 5.41) is 29.2. The molecule has 178 valence electrons. The zero-order valence-electron chi connectivity index (χ0n) is 17.6. The Morgan fingerprint density at radius 3 is 2.75 bits per heavy atom. The average Bonchev–Trinajstić information content (AvgIpc) is 3.39. The Hall–Kier alpha value is -1.37. The zero-order valence-corrected chi connectivity index (χ0v) is 19.2. The number of halogens is 1. The van der Waals surface area contributed by atoms with Crippen LogP contribution in [0.5, 0.6) is 0 Å². The molecule has 32 heavy (non-hydrogen) atoms. The number of nitrogens with one attached hydrogen (secondary N) is 1. The molecule has 0 radical (unpaired) electrons. The first-order chi connectivity index (χ1) is 15.1. The van der Waals surface area contributed by atoms with E-state index in [1.54, 1.807) is 0 Å². The van der Waals surface area contributed by atoms with Gasteiger partial charge in [0.15, 0.2) is 17.7 Å². The molecule has 3 heterocycles. The van der Waals surface area contributed by atoms with Gasteiger partial charge in [-0.15, -0.1) is 0 Å². The molecule has 12 nitrogen and oxygen atoms in total. The molecule has 0 aromatic carbocycles. The lowest BCUT2D eigenvalue weighted by Crippen LogP contribution is -2.34. The van der Waals surface area contributed by atoms with Gasteiger partial charge in [0.25, 0.3) is 0 Å². The highest BCUT2D eigenvalue weighted by atomic mass is 35.5. The van der Waals surface area contributed by atoms with E-state index < -0.39 is 38.0 Å². The van der Waals surface area contributed by atoms with Crippen LogP contribution in [0.4, 0.5) is 5.82 Å². The molecular weight excluding hydrogens is 465 g/mol. The van der Waals surface area contributed by atoms with Gasteiger partial charge < -0.3 is 34.8 Å².